The maximum atomic E-state index is 11.7. The summed E-state index contributed by atoms with van der Waals surface area (Å²) in [5.41, 5.74) is 2.24. The summed E-state index contributed by atoms with van der Waals surface area (Å²) in [6.45, 7) is 1.17. The van der Waals surface area contributed by atoms with Crippen molar-refractivity contribution in [1.82, 2.24) is 4.90 Å². The number of hydrogen-bond donors (Lipinski definition) is 0. The molecule has 29 heavy (non-hydrogen) atoms. The number of carbonyl (C=O) groups excluding carboxylic acids is 1. The second kappa shape index (κ2) is 8.53. The van der Waals surface area contributed by atoms with Crippen LogP contribution in [0.4, 0.5) is 0 Å². The lowest BCUT2D eigenvalue weighted by molar-refractivity contribution is -0.147. The standard InChI is InChI=1S/C24H25NO4/c1-25-15-23(29-16-24(25)26)19-10-11-21(27-2)22(14-19)28-13-12-18-8-5-7-17-6-3-4-9-20(17)18/h3-11,14,23H,12-13,15-16H2,1-2H3. The molecule has 0 bridgehead atoms. The van der Waals surface area contributed by atoms with Gasteiger partial charge in [-0.1, -0.05) is 48.5 Å². The van der Waals surface area contributed by atoms with Gasteiger partial charge in [0.25, 0.3) is 0 Å². The summed E-state index contributed by atoms with van der Waals surface area (Å²) < 4.78 is 17.3. The van der Waals surface area contributed by atoms with Crippen molar-refractivity contribution >= 4 is 16.7 Å². The second-order valence-electron chi connectivity index (χ2n) is 7.22. The van der Waals surface area contributed by atoms with Crippen LogP contribution in [0.25, 0.3) is 10.8 Å². The third-order valence-corrected chi connectivity index (χ3v) is 5.34. The van der Waals surface area contributed by atoms with E-state index in [1.165, 1.54) is 16.3 Å². The van der Waals surface area contributed by atoms with Crippen LogP contribution in [0.1, 0.15) is 17.2 Å². The van der Waals surface area contributed by atoms with E-state index in [-0.39, 0.29) is 18.6 Å². The molecule has 0 spiro atoms. The van der Waals surface area contributed by atoms with Crippen molar-refractivity contribution in [3.8, 4) is 11.5 Å². The van der Waals surface area contributed by atoms with Crippen molar-refractivity contribution in [2.24, 2.45) is 0 Å². The minimum atomic E-state index is -0.163. The molecule has 1 heterocycles. The van der Waals surface area contributed by atoms with Gasteiger partial charge in [-0.3, -0.25) is 4.79 Å². The van der Waals surface area contributed by atoms with Crippen molar-refractivity contribution in [2.75, 3.05) is 33.9 Å². The molecule has 3 aromatic rings. The number of methoxy groups -OCH3 is 1. The third kappa shape index (κ3) is 4.20. The van der Waals surface area contributed by atoms with Gasteiger partial charge in [-0.05, 0) is 34.0 Å². The highest BCUT2D eigenvalue weighted by molar-refractivity contribution is 5.85. The zero-order valence-electron chi connectivity index (χ0n) is 16.8. The minimum absolute atomic E-state index is 0.00122. The van der Waals surface area contributed by atoms with Gasteiger partial charge >= 0.3 is 0 Å². The number of morpholine rings is 1. The topological polar surface area (TPSA) is 48.0 Å². The lowest BCUT2D eigenvalue weighted by Crippen LogP contribution is -2.40. The lowest BCUT2D eigenvalue weighted by atomic mass is 10.0. The Bertz CT molecular complexity index is 1010. The molecule has 0 N–H and O–H groups in total. The van der Waals surface area contributed by atoms with Crippen LogP contribution in [0.3, 0.4) is 0 Å². The Morgan fingerprint density at radius 3 is 2.72 bits per heavy atom. The predicted octanol–water partition coefficient (Wildman–Crippen LogP) is 4.00. The van der Waals surface area contributed by atoms with E-state index in [1.54, 1.807) is 19.1 Å². The Balaban J connectivity index is 1.48. The van der Waals surface area contributed by atoms with Gasteiger partial charge in [0.05, 0.1) is 20.3 Å². The summed E-state index contributed by atoms with van der Waals surface area (Å²) in [6.07, 6.45) is 0.635. The first-order valence-electron chi connectivity index (χ1n) is 9.78. The highest BCUT2D eigenvalue weighted by Gasteiger charge is 2.25. The minimum Gasteiger partial charge on any atom is -0.493 e. The van der Waals surface area contributed by atoms with Gasteiger partial charge in [-0.15, -0.1) is 0 Å². The molecule has 1 unspecified atom stereocenters. The Morgan fingerprint density at radius 2 is 1.90 bits per heavy atom. The predicted molar refractivity (Wildman–Crippen MR) is 112 cm³/mol. The number of fused-ring (bicyclic) bond motifs is 1. The summed E-state index contributed by atoms with van der Waals surface area (Å²) in [5, 5.41) is 2.49. The van der Waals surface area contributed by atoms with Crippen molar-refractivity contribution in [1.29, 1.82) is 0 Å². The van der Waals surface area contributed by atoms with Gasteiger partial charge < -0.3 is 19.1 Å². The molecule has 5 nitrogen and oxygen atoms in total. The molecule has 1 aliphatic rings. The first-order valence-corrected chi connectivity index (χ1v) is 9.78. The monoisotopic (exact) mass is 391 g/mol. The van der Waals surface area contributed by atoms with Gasteiger partial charge in [0, 0.05) is 13.5 Å². The molecule has 0 saturated carbocycles. The molecule has 1 atom stereocenters. The van der Waals surface area contributed by atoms with Crippen LogP contribution in [0.5, 0.6) is 11.5 Å². The molecule has 0 aromatic heterocycles. The van der Waals surface area contributed by atoms with Crippen LogP contribution in [-0.2, 0) is 16.0 Å². The SMILES string of the molecule is COc1ccc(C2CN(C)C(=O)CO2)cc1OCCc1cccc2ccccc12. The third-order valence-electron chi connectivity index (χ3n) is 5.34. The van der Waals surface area contributed by atoms with Crippen LogP contribution < -0.4 is 9.47 Å². The first-order chi connectivity index (χ1) is 14.2. The smallest absolute Gasteiger partial charge is 0.248 e. The highest BCUT2D eigenvalue weighted by atomic mass is 16.5. The maximum Gasteiger partial charge on any atom is 0.248 e. The van der Waals surface area contributed by atoms with E-state index in [4.69, 9.17) is 14.2 Å². The zero-order chi connectivity index (χ0) is 20.2. The van der Waals surface area contributed by atoms with Crippen molar-refractivity contribution in [2.45, 2.75) is 12.5 Å². The van der Waals surface area contributed by atoms with Crippen LogP contribution in [0, 0.1) is 0 Å². The van der Waals surface area contributed by atoms with Crippen molar-refractivity contribution < 1.29 is 19.0 Å². The van der Waals surface area contributed by atoms with E-state index in [0.29, 0.717) is 24.7 Å². The molecule has 1 saturated heterocycles. The number of benzene rings is 3. The Labute approximate surface area is 170 Å². The van der Waals surface area contributed by atoms with Crippen molar-refractivity contribution in [3.05, 3.63) is 71.8 Å². The number of carbonyl (C=O) groups is 1. The van der Waals surface area contributed by atoms with E-state index in [2.05, 4.69) is 42.5 Å². The largest absolute Gasteiger partial charge is 0.493 e. The van der Waals surface area contributed by atoms with Crippen molar-refractivity contribution in [3.63, 3.8) is 0 Å². The van der Waals surface area contributed by atoms with E-state index >= 15 is 0 Å². The van der Waals surface area contributed by atoms with Crippen LogP contribution in [0.2, 0.25) is 0 Å². The molecule has 0 radical (unpaired) electrons. The summed E-state index contributed by atoms with van der Waals surface area (Å²) >= 11 is 0. The molecule has 1 aliphatic heterocycles. The Morgan fingerprint density at radius 1 is 1.07 bits per heavy atom. The normalized spacial score (nSPS) is 16.8. The Hall–Kier alpha value is -3.05. The summed E-state index contributed by atoms with van der Waals surface area (Å²) in [5.74, 6) is 1.38. The van der Waals surface area contributed by atoms with Crippen LogP contribution in [0.15, 0.2) is 60.7 Å². The number of nitrogens with zero attached hydrogens (tertiary/aromatic N) is 1. The molecule has 1 amide bonds. The molecule has 0 aliphatic carbocycles. The fourth-order valence-corrected chi connectivity index (χ4v) is 3.67. The average molecular weight is 391 g/mol. The molecule has 3 aromatic carbocycles. The van der Waals surface area contributed by atoms with Gasteiger partial charge in [-0.25, -0.2) is 0 Å². The molecular formula is C24H25NO4. The molecule has 5 heteroatoms. The van der Waals surface area contributed by atoms with E-state index in [9.17, 15) is 4.79 Å². The van der Waals surface area contributed by atoms with Gasteiger partial charge in [0.2, 0.25) is 5.91 Å². The number of rotatable bonds is 6. The molecule has 150 valence electrons. The lowest BCUT2D eigenvalue weighted by Gasteiger charge is -2.30. The van der Waals surface area contributed by atoms with E-state index in [1.807, 2.05) is 18.2 Å². The molecular weight excluding hydrogens is 366 g/mol. The second-order valence-corrected chi connectivity index (χ2v) is 7.22. The zero-order valence-corrected chi connectivity index (χ0v) is 16.8. The van der Waals surface area contributed by atoms with Gasteiger partial charge in [-0.2, -0.15) is 0 Å². The quantitative estimate of drug-likeness (QED) is 0.637. The maximum absolute atomic E-state index is 11.7. The molecule has 1 fully saturated rings. The van der Waals surface area contributed by atoms with Gasteiger partial charge in [0.15, 0.2) is 11.5 Å². The Kier molecular flexibility index (Phi) is 5.67. The van der Waals surface area contributed by atoms with E-state index in [0.717, 1.165) is 12.0 Å². The highest BCUT2D eigenvalue weighted by Crippen LogP contribution is 2.33. The number of ether oxygens (including phenoxy) is 3. The summed E-state index contributed by atoms with van der Waals surface area (Å²) in [4.78, 5) is 13.4. The molecule has 4 rings (SSSR count). The fraction of sp³-hybridized carbons (Fsp3) is 0.292. The van der Waals surface area contributed by atoms with Gasteiger partial charge in [0.1, 0.15) is 12.7 Å². The van der Waals surface area contributed by atoms with Crippen LogP contribution >= 0.6 is 0 Å². The van der Waals surface area contributed by atoms with Crippen LogP contribution in [-0.4, -0.2) is 44.7 Å². The number of amides is 1. The number of likely N-dealkylation sites (N-methyl/N-ethyl adjacent to an activating group) is 1. The number of hydrogen-bond acceptors (Lipinski definition) is 4. The summed E-state index contributed by atoms with van der Waals surface area (Å²) in [6, 6.07) is 20.5. The first kappa shape index (κ1) is 19.3. The van der Waals surface area contributed by atoms with E-state index < -0.39 is 0 Å². The fourth-order valence-electron chi connectivity index (χ4n) is 3.67. The average Bonchev–Trinajstić information content (AvgIpc) is 2.76. The summed E-state index contributed by atoms with van der Waals surface area (Å²) in [7, 11) is 3.43.